The Labute approximate surface area is 113 Å². The van der Waals surface area contributed by atoms with Crippen LogP contribution in [-0.2, 0) is 6.42 Å². The number of benzene rings is 1. The van der Waals surface area contributed by atoms with E-state index in [0.717, 1.165) is 16.9 Å². The first-order valence-corrected chi connectivity index (χ1v) is 6.12. The van der Waals surface area contributed by atoms with Crippen LogP contribution in [0.15, 0.2) is 42.6 Å². The highest BCUT2D eigenvalue weighted by Crippen LogP contribution is 2.25. The van der Waals surface area contributed by atoms with E-state index in [1.165, 1.54) is 0 Å². The molecule has 1 atom stereocenters. The lowest BCUT2D eigenvalue weighted by molar-refractivity contribution is 0.397. The van der Waals surface area contributed by atoms with Crippen molar-refractivity contribution in [2.45, 2.75) is 12.5 Å². The van der Waals surface area contributed by atoms with Gasteiger partial charge in [0.15, 0.2) is 0 Å². The normalized spacial score (nSPS) is 11.9. The minimum atomic E-state index is -0.119. The topological polar surface area (TPSA) is 57.4 Å². The summed E-state index contributed by atoms with van der Waals surface area (Å²) in [5.74, 6) is 1.42. The van der Waals surface area contributed by atoms with Crippen LogP contribution in [0.2, 0.25) is 0 Å². The van der Waals surface area contributed by atoms with Crippen LogP contribution in [0.25, 0.3) is 0 Å². The Hall–Kier alpha value is -2.07. The Balaban J connectivity index is 2.13. The highest BCUT2D eigenvalue weighted by atomic mass is 16.5. The highest BCUT2D eigenvalue weighted by Gasteiger charge is 2.12. The van der Waals surface area contributed by atoms with Crippen molar-refractivity contribution in [2.24, 2.45) is 5.73 Å². The molecule has 4 nitrogen and oxygen atoms in total. The summed E-state index contributed by atoms with van der Waals surface area (Å²) in [6.07, 6.45) is 2.49. The molecule has 0 aliphatic carbocycles. The molecule has 2 N–H and O–H groups in total. The van der Waals surface area contributed by atoms with Crippen molar-refractivity contribution in [1.82, 2.24) is 4.98 Å². The van der Waals surface area contributed by atoms with Gasteiger partial charge in [-0.05, 0) is 18.1 Å². The standard InChI is InChI=1S/C15H18N2O2/c1-18-14-6-4-3-5-12(14)13(16)9-11-7-8-15(19-2)17-10-11/h3-8,10,13H,9,16H2,1-2H3. The second kappa shape index (κ2) is 6.20. The molecule has 0 saturated carbocycles. The first-order valence-electron chi connectivity index (χ1n) is 6.12. The summed E-state index contributed by atoms with van der Waals surface area (Å²) in [5.41, 5.74) is 8.30. The number of hydrogen-bond donors (Lipinski definition) is 1. The minimum Gasteiger partial charge on any atom is -0.496 e. The van der Waals surface area contributed by atoms with Crippen molar-refractivity contribution < 1.29 is 9.47 Å². The molecule has 4 heteroatoms. The van der Waals surface area contributed by atoms with Crippen LogP contribution in [0.1, 0.15) is 17.2 Å². The summed E-state index contributed by atoms with van der Waals surface area (Å²) < 4.78 is 10.4. The number of nitrogens with zero attached hydrogens (tertiary/aromatic N) is 1. The molecule has 0 saturated heterocycles. The fourth-order valence-electron chi connectivity index (χ4n) is 1.99. The number of hydrogen-bond acceptors (Lipinski definition) is 4. The molecule has 1 aromatic carbocycles. The van der Waals surface area contributed by atoms with E-state index in [1.54, 1.807) is 20.4 Å². The first kappa shape index (κ1) is 13.4. The Morgan fingerprint density at radius 2 is 1.89 bits per heavy atom. The average molecular weight is 258 g/mol. The molecule has 0 aliphatic heterocycles. The van der Waals surface area contributed by atoms with Gasteiger partial charge in [0.1, 0.15) is 5.75 Å². The predicted octanol–water partition coefficient (Wildman–Crippen LogP) is 2.34. The third kappa shape index (κ3) is 3.23. The minimum absolute atomic E-state index is 0.119. The molecule has 1 aromatic heterocycles. The molecule has 19 heavy (non-hydrogen) atoms. The third-order valence-corrected chi connectivity index (χ3v) is 3.00. The van der Waals surface area contributed by atoms with Gasteiger partial charge in [-0.2, -0.15) is 0 Å². The maximum absolute atomic E-state index is 6.23. The SMILES string of the molecule is COc1ccc(CC(N)c2ccccc2OC)cn1. The molecule has 2 rings (SSSR count). The van der Waals surface area contributed by atoms with Gasteiger partial charge in [0.2, 0.25) is 5.88 Å². The molecule has 100 valence electrons. The molecule has 1 heterocycles. The quantitative estimate of drug-likeness (QED) is 0.894. The van der Waals surface area contributed by atoms with Crippen LogP contribution in [0.4, 0.5) is 0 Å². The smallest absolute Gasteiger partial charge is 0.212 e. The zero-order chi connectivity index (χ0) is 13.7. The van der Waals surface area contributed by atoms with E-state index in [1.807, 2.05) is 36.4 Å². The van der Waals surface area contributed by atoms with E-state index in [9.17, 15) is 0 Å². The summed E-state index contributed by atoms with van der Waals surface area (Å²) in [4.78, 5) is 4.18. The number of pyridine rings is 1. The van der Waals surface area contributed by atoms with Gasteiger partial charge < -0.3 is 15.2 Å². The Morgan fingerprint density at radius 1 is 1.11 bits per heavy atom. The van der Waals surface area contributed by atoms with E-state index >= 15 is 0 Å². The second-order valence-corrected chi connectivity index (χ2v) is 4.26. The molecule has 0 amide bonds. The van der Waals surface area contributed by atoms with Crippen molar-refractivity contribution in [3.8, 4) is 11.6 Å². The van der Waals surface area contributed by atoms with Gasteiger partial charge in [-0.25, -0.2) is 4.98 Å². The third-order valence-electron chi connectivity index (χ3n) is 3.00. The molecule has 0 aliphatic rings. The van der Waals surface area contributed by atoms with Gasteiger partial charge >= 0.3 is 0 Å². The number of aromatic nitrogens is 1. The lowest BCUT2D eigenvalue weighted by atomic mass is 10.00. The molecule has 1 unspecified atom stereocenters. The Morgan fingerprint density at radius 3 is 2.53 bits per heavy atom. The summed E-state index contributed by atoms with van der Waals surface area (Å²) >= 11 is 0. The van der Waals surface area contributed by atoms with Gasteiger partial charge in [-0.3, -0.25) is 0 Å². The van der Waals surface area contributed by atoms with Gasteiger partial charge in [0.05, 0.1) is 14.2 Å². The Kier molecular flexibility index (Phi) is 4.36. The van der Waals surface area contributed by atoms with Gasteiger partial charge in [-0.1, -0.05) is 24.3 Å². The maximum Gasteiger partial charge on any atom is 0.212 e. The number of nitrogens with two attached hydrogens (primary N) is 1. The Bertz CT molecular complexity index is 526. The van der Waals surface area contributed by atoms with Crippen molar-refractivity contribution >= 4 is 0 Å². The van der Waals surface area contributed by atoms with E-state index in [-0.39, 0.29) is 6.04 Å². The van der Waals surface area contributed by atoms with Crippen LogP contribution in [-0.4, -0.2) is 19.2 Å². The predicted molar refractivity (Wildman–Crippen MR) is 74.4 cm³/mol. The largest absolute Gasteiger partial charge is 0.496 e. The summed E-state index contributed by atoms with van der Waals surface area (Å²) in [6, 6.07) is 11.5. The van der Waals surface area contributed by atoms with Crippen molar-refractivity contribution in [3.05, 3.63) is 53.7 Å². The zero-order valence-corrected chi connectivity index (χ0v) is 11.2. The summed E-state index contributed by atoms with van der Waals surface area (Å²) in [5, 5.41) is 0. The van der Waals surface area contributed by atoms with E-state index in [2.05, 4.69) is 4.98 Å². The number of methoxy groups -OCH3 is 2. The monoisotopic (exact) mass is 258 g/mol. The first-order chi connectivity index (χ1) is 9.24. The van der Waals surface area contributed by atoms with Crippen LogP contribution in [0, 0.1) is 0 Å². The van der Waals surface area contributed by atoms with Gasteiger partial charge in [0.25, 0.3) is 0 Å². The van der Waals surface area contributed by atoms with Crippen LogP contribution in [0.3, 0.4) is 0 Å². The summed E-state index contributed by atoms with van der Waals surface area (Å²) in [7, 11) is 3.25. The fraction of sp³-hybridized carbons (Fsp3) is 0.267. The highest BCUT2D eigenvalue weighted by molar-refractivity contribution is 5.36. The van der Waals surface area contributed by atoms with Crippen LogP contribution < -0.4 is 15.2 Å². The number of para-hydroxylation sites is 1. The zero-order valence-electron chi connectivity index (χ0n) is 11.2. The van der Waals surface area contributed by atoms with Gasteiger partial charge in [-0.15, -0.1) is 0 Å². The van der Waals surface area contributed by atoms with Crippen molar-refractivity contribution in [2.75, 3.05) is 14.2 Å². The molecular weight excluding hydrogens is 240 g/mol. The molecular formula is C15H18N2O2. The molecule has 0 spiro atoms. The molecule has 2 aromatic rings. The maximum atomic E-state index is 6.23. The number of ether oxygens (including phenoxy) is 2. The van der Waals surface area contributed by atoms with E-state index in [0.29, 0.717) is 12.3 Å². The summed E-state index contributed by atoms with van der Waals surface area (Å²) in [6.45, 7) is 0. The molecule has 0 bridgehead atoms. The average Bonchev–Trinajstić information content (AvgIpc) is 2.48. The van der Waals surface area contributed by atoms with Crippen molar-refractivity contribution in [1.29, 1.82) is 0 Å². The van der Waals surface area contributed by atoms with Crippen LogP contribution in [0.5, 0.6) is 11.6 Å². The number of rotatable bonds is 5. The fourth-order valence-corrected chi connectivity index (χ4v) is 1.99. The van der Waals surface area contributed by atoms with E-state index in [4.69, 9.17) is 15.2 Å². The van der Waals surface area contributed by atoms with Crippen LogP contribution >= 0.6 is 0 Å². The van der Waals surface area contributed by atoms with Crippen molar-refractivity contribution in [3.63, 3.8) is 0 Å². The molecule has 0 radical (unpaired) electrons. The van der Waals surface area contributed by atoms with E-state index < -0.39 is 0 Å². The molecule has 0 fully saturated rings. The lowest BCUT2D eigenvalue weighted by Crippen LogP contribution is -2.14. The second-order valence-electron chi connectivity index (χ2n) is 4.26. The lowest BCUT2D eigenvalue weighted by Gasteiger charge is -2.15. The van der Waals surface area contributed by atoms with Gasteiger partial charge in [0, 0.05) is 23.9 Å².